The first kappa shape index (κ1) is 25.2. The van der Waals surface area contributed by atoms with E-state index in [1.165, 1.54) is 6.08 Å². The molecule has 1 aliphatic heterocycles. The average Bonchev–Trinajstić information content (AvgIpc) is 2.71. The van der Waals surface area contributed by atoms with Gasteiger partial charge in [0.05, 0.1) is 19.8 Å². The molecule has 0 radical (unpaired) electrons. The molecule has 2 rings (SSSR count). The van der Waals surface area contributed by atoms with Crippen molar-refractivity contribution in [3.05, 3.63) is 48.6 Å². The van der Waals surface area contributed by atoms with E-state index in [-0.39, 0.29) is 13.2 Å². The number of carbonyl (C=O) groups is 1. The molecule has 1 amide bonds. The molecule has 1 saturated heterocycles. The van der Waals surface area contributed by atoms with Crippen LogP contribution in [0.25, 0.3) is 0 Å². The van der Waals surface area contributed by atoms with E-state index in [4.69, 9.17) is 53.8 Å². The zero-order valence-corrected chi connectivity index (χ0v) is 18.2. The lowest BCUT2D eigenvalue weighted by Gasteiger charge is -2.43. The summed E-state index contributed by atoms with van der Waals surface area (Å²) in [4.78, 5) is 12.2. The molecule has 168 valence electrons. The average molecular weight is 485 g/mol. The molecule has 0 aliphatic carbocycles. The summed E-state index contributed by atoms with van der Waals surface area (Å²) in [6.07, 6.45) is -3.75. The van der Waals surface area contributed by atoms with Gasteiger partial charge in [0.15, 0.2) is 6.29 Å². The predicted molar refractivity (Wildman–Crippen MR) is 111 cm³/mol. The molecule has 3 N–H and O–H groups in total. The number of aliphatic hydroxyl groups is 2. The van der Waals surface area contributed by atoms with Crippen LogP contribution in [0.4, 0.5) is 4.79 Å². The van der Waals surface area contributed by atoms with Gasteiger partial charge in [0, 0.05) is 0 Å². The Labute approximate surface area is 189 Å². The molecular weight excluding hydrogens is 461 g/mol. The number of alkyl carbamates (subject to hydrolysis) is 1. The van der Waals surface area contributed by atoms with Gasteiger partial charge in [-0.25, -0.2) is 4.79 Å². The van der Waals surface area contributed by atoms with E-state index >= 15 is 0 Å². The lowest BCUT2D eigenvalue weighted by Crippen LogP contribution is -2.65. The van der Waals surface area contributed by atoms with Crippen molar-refractivity contribution in [2.24, 2.45) is 0 Å². The van der Waals surface area contributed by atoms with Crippen molar-refractivity contribution in [1.29, 1.82) is 0 Å². The second kappa shape index (κ2) is 12.1. The maximum Gasteiger partial charge on any atom is 0.407 e. The molecule has 1 heterocycles. The van der Waals surface area contributed by atoms with Crippen molar-refractivity contribution in [2.45, 2.75) is 41.0 Å². The number of carbonyl (C=O) groups excluding carboxylic acids is 1. The zero-order chi connectivity index (χ0) is 22.1. The molecule has 0 bridgehead atoms. The van der Waals surface area contributed by atoms with Crippen molar-refractivity contribution in [1.82, 2.24) is 5.32 Å². The van der Waals surface area contributed by atoms with E-state index in [0.717, 1.165) is 5.56 Å². The van der Waals surface area contributed by atoms with Gasteiger partial charge in [-0.15, -0.1) is 6.58 Å². The first-order valence-electron chi connectivity index (χ1n) is 9.07. The number of hydrogen-bond donors (Lipinski definition) is 3. The molecule has 1 aliphatic rings. The van der Waals surface area contributed by atoms with Crippen LogP contribution < -0.4 is 5.32 Å². The number of nitrogens with one attached hydrogen (secondary N) is 1. The van der Waals surface area contributed by atoms with Gasteiger partial charge in [-0.05, 0) is 5.56 Å². The molecule has 8 nitrogen and oxygen atoms in total. The second-order valence-corrected chi connectivity index (χ2v) is 8.98. The standard InChI is InChI=1S/C19H24Cl3NO7/c1-2-8-27-17-14(23-18(26)29-11-19(20,21)22)16(15(25)13(9-24)30-17)28-10-12-6-4-3-5-7-12/h2-7,13-17,24-25H,1,8-11H2,(H,23,26)/t13-,14-,15-,16-,17+/m0/s1. The summed E-state index contributed by atoms with van der Waals surface area (Å²) < 4.78 is 20.2. The summed E-state index contributed by atoms with van der Waals surface area (Å²) in [5.41, 5.74) is 0.845. The maximum atomic E-state index is 12.2. The van der Waals surface area contributed by atoms with Crippen molar-refractivity contribution in [3.63, 3.8) is 0 Å². The van der Waals surface area contributed by atoms with Gasteiger partial charge in [-0.2, -0.15) is 0 Å². The third-order valence-corrected chi connectivity index (χ3v) is 4.50. The summed E-state index contributed by atoms with van der Waals surface area (Å²) in [5.74, 6) is 0. The van der Waals surface area contributed by atoms with Crippen LogP contribution in [0.15, 0.2) is 43.0 Å². The second-order valence-electron chi connectivity index (χ2n) is 6.46. The van der Waals surface area contributed by atoms with Gasteiger partial charge < -0.3 is 34.5 Å². The van der Waals surface area contributed by atoms with Gasteiger partial charge in [0.2, 0.25) is 3.79 Å². The Morgan fingerprint density at radius 2 is 1.97 bits per heavy atom. The summed E-state index contributed by atoms with van der Waals surface area (Å²) >= 11 is 16.8. The van der Waals surface area contributed by atoms with Crippen molar-refractivity contribution in [2.75, 3.05) is 19.8 Å². The van der Waals surface area contributed by atoms with Crippen LogP contribution >= 0.6 is 34.8 Å². The van der Waals surface area contributed by atoms with Crippen LogP contribution in [0, 0.1) is 0 Å². The Balaban J connectivity index is 2.17. The molecule has 0 saturated carbocycles. The number of hydrogen-bond acceptors (Lipinski definition) is 7. The number of ether oxygens (including phenoxy) is 4. The Hall–Kier alpha value is -1.10. The van der Waals surface area contributed by atoms with E-state index in [1.807, 2.05) is 30.3 Å². The normalized spacial score (nSPS) is 26.8. The molecule has 1 aromatic carbocycles. The molecule has 30 heavy (non-hydrogen) atoms. The third kappa shape index (κ3) is 7.86. The topological polar surface area (TPSA) is 106 Å². The lowest BCUT2D eigenvalue weighted by atomic mass is 9.96. The van der Waals surface area contributed by atoms with Gasteiger partial charge in [0.1, 0.15) is 31.0 Å². The van der Waals surface area contributed by atoms with Gasteiger partial charge in [-0.1, -0.05) is 71.2 Å². The van der Waals surface area contributed by atoms with Crippen molar-refractivity contribution < 1.29 is 34.0 Å². The number of halogens is 3. The summed E-state index contributed by atoms with van der Waals surface area (Å²) in [6.45, 7) is 2.82. The Morgan fingerprint density at radius 3 is 2.57 bits per heavy atom. The van der Waals surface area contributed by atoms with Gasteiger partial charge in [0.25, 0.3) is 0 Å². The van der Waals surface area contributed by atoms with E-state index < -0.39 is 53.7 Å². The fourth-order valence-electron chi connectivity index (χ4n) is 2.82. The predicted octanol–water partition coefficient (Wildman–Crippen LogP) is 2.32. The number of rotatable bonds is 9. The van der Waals surface area contributed by atoms with Crippen molar-refractivity contribution >= 4 is 40.9 Å². The molecular formula is C19H24Cl3NO7. The Kier molecular flexibility index (Phi) is 10.1. The Bertz CT molecular complexity index is 674. The molecule has 5 atom stereocenters. The van der Waals surface area contributed by atoms with Crippen LogP contribution in [-0.4, -0.2) is 70.6 Å². The molecule has 1 fully saturated rings. The first-order valence-corrected chi connectivity index (χ1v) is 10.2. The first-order chi connectivity index (χ1) is 14.2. The summed E-state index contributed by atoms with van der Waals surface area (Å²) in [6, 6.07) is 8.25. The monoisotopic (exact) mass is 483 g/mol. The molecule has 0 aromatic heterocycles. The highest BCUT2D eigenvalue weighted by molar-refractivity contribution is 6.67. The highest BCUT2D eigenvalue weighted by Crippen LogP contribution is 2.27. The highest BCUT2D eigenvalue weighted by atomic mass is 35.6. The summed E-state index contributed by atoms with van der Waals surface area (Å²) in [5, 5.41) is 22.8. The van der Waals surface area contributed by atoms with E-state index in [9.17, 15) is 15.0 Å². The molecule has 11 heteroatoms. The van der Waals surface area contributed by atoms with Gasteiger partial charge >= 0.3 is 6.09 Å². The molecule has 0 spiro atoms. The quantitative estimate of drug-likeness (QED) is 0.365. The molecule has 0 unspecified atom stereocenters. The zero-order valence-electron chi connectivity index (χ0n) is 16.0. The Morgan fingerprint density at radius 1 is 1.27 bits per heavy atom. The third-order valence-electron chi connectivity index (χ3n) is 4.17. The van der Waals surface area contributed by atoms with Gasteiger partial charge in [-0.3, -0.25) is 0 Å². The van der Waals surface area contributed by atoms with E-state index in [1.54, 1.807) is 0 Å². The lowest BCUT2D eigenvalue weighted by molar-refractivity contribution is -0.275. The minimum Gasteiger partial charge on any atom is -0.445 e. The van der Waals surface area contributed by atoms with Crippen molar-refractivity contribution in [3.8, 4) is 0 Å². The summed E-state index contributed by atoms with van der Waals surface area (Å²) in [7, 11) is 0. The van der Waals surface area contributed by atoms with E-state index in [2.05, 4.69) is 11.9 Å². The number of benzene rings is 1. The smallest absolute Gasteiger partial charge is 0.407 e. The SMILES string of the molecule is C=CCO[C@@H]1O[C@@H](CO)[C@H](O)[C@@H](OCc2ccccc2)[C@@H]1NC(=O)OCC(Cl)(Cl)Cl. The number of amides is 1. The number of aliphatic hydroxyl groups excluding tert-OH is 2. The van der Waals surface area contributed by atoms with Crippen LogP contribution in [0.5, 0.6) is 0 Å². The molecule has 1 aromatic rings. The maximum absolute atomic E-state index is 12.2. The highest BCUT2D eigenvalue weighted by Gasteiger charge is 2.47. The minimum atomic E-state index is -1.79. The largest absolute Gasteiger partial charge is 0.445 e. The van der Waals surface area contributed by atoms with Crippen LogP contribution in [0.1, 0.15) is 5.56 Å². The minimum absolute atomic E-state index is 0.0890. The number of alkyl halides is 3. The van der Waals surface area contributed by atoms with Crippen LogP contribution in [0.2, 0.25) is 0 Å². The fourth-order valence-corrected chi connectivity index (χ4v) is 2.98. The van der Waals surface area contributed by atoms with E-state index in [0.29, 0.717) is 0 Å². The fraction of sp³-hybridized carbons (Fsp3) is 0.526. The van der Waals surface area contributed by atoms with Crippen LogP contribution in [0.3, 0.4) is 0 Å². The van der Waals surface area contributed by atoms with Crippen LogP contribution in [-0.2, 0) is 25.6 Å².